The Bertz CT molecular complexity index is 735. The van der Waals surface area contributed by atoms with Crippen LogP contribution < -0.4 is 4.72 Å². The summed E-state index contributed by atoms with van der Waals surface area (Å²) in [4.78, 5) is -0.574. The van der Waals surface area contributed by atoms with Gasteiger partial charge in [0.1, 0.15) is 10.7 Å². The molecule has 2 rings (SSSR count). The molecular weight excluding hydrogens is 317 g/mol. The van der Waals surface area contributed by atoms with Crippen LogP contribution in [0.4, 0.5) is 4.39 Å². The number of aliphatic hydroxyl groups excluding tert-OH is 1. The summed E-state index contributed by atoms with van der Waals surface area (Å²) in [6.45, 7) is -0.600. The molecule has 2 N–H and O–H groups in total. The Morgan fingerprint density at radius 1 is 1.19 bits per heavy atom. The van der Waals surface area contributed by atoms with Crippen molar-refractivity contribution in [3.05, 3.63) is 64.4 Å². The average Bonchev–Trinajstić information content (AvgIpc) is 2.48. The topological polar surface area (TPSA) is 66.4 Å². The molecule has 0 aromatic heterocycles. The van der Waals surface area contributed by atoms with E-state index in [1.54, 1.807) is 24.3 Å². The lowest BCUT2D eigenvalue weighted by Crippen LogP contribution is -2.24. The van der Waals surface area contributed by atoms with E-state index in [0.717, 1.165) is 11.6 Å². The Labute approximate surface area is 127 Å². The summed E-state index contributed by atoms with van der Waals surface area (Å²) in [6, 6.07) is 11.0. The normalized spacial score (nSPS) is 11.6. The molecule has 4 nitrogen and oxygen atoms in total. The molecule has 0 bridgehead atoms. The summed E-state index contributed by atoms with van der Waals surface area (Å²) in [6.07, 6.45) is 0. The Balaban J connectivity index is 2.30. The second-order valence-corrected chi connectivity index (χ2v) is 6.52. The molecule has 0 heterocycles. The van der Waals surface area contributed by atoms with E-state index in [-0.39, 0.29) is 17.1 Å². The van der Waals surface area contributed by atoms with Crippen molar-refractivity contribution >= 4 is 21.6 Å². The number of hydrogen-bond donors (Lipinski definition) is 2. The molecule has 0 radical (unpaired) electrons. The third kappa shape index (κ3) is 3.79. The molecule has 0 aliphatic carbocycles. The van der Waals surface area contributed by atoms with Gasteiger partial charge in [0.15, 0.2) is 0 Å². The van der Waals surface area contributed by atoms with Crippen LogP contribution in [0, 0.1) is 5.82 Å². The van der Waals surface area contributed by atoms with Gasteiger partial charge in [0.05, 0.1) is 6.61 Å². The zero-order chi connectivity index (χ0) is 15.5. The van der Waals surface area contributed by atoms with Crippen LogP contribution in [0.15, 0.2) is 47.4 Å². The van der Waals surface area contributed by atoms with Crippen molar-refractivity contribution in [1.29, 1.82) is 0 Å². The maximum Gasteiger partial charge on any atom is 0.243 e. The first-order valence-corrected chi connectivity index (χ1v) is 7.92. The zero-order valence-corrected chi connectivity index (χ0v) is 12.5. The van der Waals surface area contributed by atoms with Gasteiger partial charge in [-0.25, -0.2) is 17.5 Å². The van der Waals surface area contributed by atoms with Crippen LogP contribution >= 0.6 is 11.6 Å². The van der Waals surface area contributed by atoms with E-state index < -0.39 is 27.3 Å². The molecule has 2 aromatic carbocycles. The average molecular weight is 330 g/mol. The summed E-state index contributed by atoms with van der Waals surface area (Å²) >= 11 is 5.75. The van der Waals surface area contributed by atoms with Gasteiger partial charge in [0, 0.05) is 17.1 Å². The lowest BCUT2D eigenvalue weighted by molar-refractivity contribution is 0.274. The highest BCUT2D eigenvalue weighted by molar-refractivity contribution is 7.89. The number of benzene rings is 2. The number of hydrogen-bond acceptors (Lipinski definition) is 3. The number of aliphatic hydroxyl groups is 1. The van der Waals surface area contributed by atoms with Gasteiger partial charge in [0.25, 0.3) is 0 Å². The molecule has 0 unspecified atom stereocenters. The molecule has 0 spiro atoms. The van der Waals surface area contributed by atoms with E-state index in [9.17, 15) is 12.8 Å². The van der Waals surface area contributed by atoms with Gasteiger partial charge in [-0.3, -0.25) is 0 Å². The van der Waals surface area contributed by atoms with Crippen LogP contribution in [0.3, 0.4) is 0 Å². The van der Waals surface area contributed by atoms with Crippen molar-refractivity contribution in [2.24, 2.45) is 0 Å². The third-order valence-corrected chi connectivity index (χ3v) is 4.47. The number of rotatable bonds is 5. The second kappa shape index (κ2) is 6.53. The molecule has 0 saturated heterocycles. The largest absolute Gasteiger partial charge is 0.392 e. The number of nitrogens with one attached hydrogen (secondary N) is 1. The minimum Gasteiger partial charge on any atom is -0.392 e. The lowest BCUT2D eigenvalue weighted by atomic mass is 10.2. The number of sulfonamides is 1. The van der Waals surface area contributed by atoms with E-state index in [0.29, 0.717) is 0 Å². The molecule has 0 fully saturated rings. The highest BCUT2D eigenvalue weighted by Crippen LogP contribution is 2.24. The van der Waals surface area contributed by atoms with Crippen molar-refractivity contribution in [1.82, 2.24) is 4.72 Å². The summed E-state index contributed by atoms with van der Waals surface area (Å²) < 4.78 is 40.7. The maximum atomic E-state index is 14.0. The van der Waals surface area contributed by atoms with Crippen molar-refractivity contribution < 1.29 is 17.9 Å². The highest BCUT2D eigenvalue weighted by Gasteiger charge is 2.22. The molecule has 0 saturated carbocycles. The van der Waals surface area contributed by atoms with E-state index in [1.807, 2.05) is 6.07 Å². The standard InChI is InChI=1S/C14H13ClFNO3S/c15-12-6-11(9-18)14(16)13(7-12)21(19,20)17-8-10-4-2-1-3-5-10/h1-7,17-18H,8-9H2. The highest BCUT2D eigenvalue weighted by atomic mass is 35.5. The van der Waals surface area contributed by atoms with Gasteiger partial charge in [-0.1, -0.05) is 41.9 Å². The summed E-state index contributed by atoms with van der Waals surface area (Å²) in [7, 11) is -4.06. The first-order chi connectivity index (χ1) is 9.94. The molecule has 21 heavy (non-hydrogen) atoms. The van der Waals surface area contributed by atoms with Crippen molar-refractivity contribution in [3.8, 4) is 0 Å². The Morgan fingerprint density at radius 3 is 2.48 bits per heavy atom. The van der Waals surface area contributed by atoms with Crippen LogP contribution in [-0.4, -0.2) is 13.5 Å². The predicted octanol–water partition coefficient (Wildman–Crippen LogP) is 2.45. The lowest BCUT2D eigenvalue weighted by Gasteiger charge is -2.10. The summed E-state index contributed by atoms with van der Waals surface area (Å²) in [5.41, 5.74) is 0.577. The monoisotopic (exact) mass is 329 g/mol. The van der Waals surface area contributed by atoms with Crippen LogP contribution in [0.5, 0.6) is 0 Å². The van der Waals surface area contributed by atoms with Crippen molar-refractivity contribution in [2.75, 3.05) is 0 Å². The van der Waals surface area contributed by atoms with Crippen LogP contribution in [0.2, 0.25) is 5.02 Å². The van der Waals surface area contributed by atoms with E-state index in [4.69, 9.17) is 16.7 Å². The van der Waals surface area contributed by atoms with Gasteiger partial charge in [-0.05, 0) is 17.7 Å². The molecule has 112 valence electrons. The molecule has 0 atom stereocenters. The Morgan fingerprint density at radius 2 is 1.86 bits per heavy atom. The molecule has 2 aromatic rings. The third-order valence-electron chi connectivity index (χ3n) is 2.85. The van der Waals surface area contributed by atoms with E-state index in [1.165, 1.54) is 6.07 Å². The second-order valence-electron chi connectivity index (χ2n) is 4.35. The van der Waals surface area contributed by atoms with Crippen LogP contribution in [0.1, 0.15) is 11.1 Å². The fraction of sp³-hybridized carbons (Fsp3) is 0.143. The van der Waals surface area contributed by atoms with Gasteiger partial charge in [0.2, 0.25) is 10.0 Å². The van der Waals surface area contributed by atoms with Crippen LogP contribution in [0.25, 0.3) is 0 Å². The molecular formula is C14H13ClFNO3S. The van der Waals surface area contributed by atoms with Crippen LogP contribution in [-0.2, 0) is 23.2 Å². The zero-order valence-electron chi connectivity index (χ0n) is 10.9. The SMILES string of the molecule is O=S(=O)(NCc1ccccc1)c1cc(Cl)cc(CO)c1F. The maximum absolute atomic E-state index is 14.0. The first-order valence-electron chi connectivity index (χ1n) is 6.06. The molecule has 0 aliphatic rings. The van der Waals surface area contributed by atoms with Crippen molar-refractivity contribution in [2.45, 2.75) is 18.0 Å². The molecule has 0 amide bonds. The van der Waals surface area contributed by atoms with E-state index in [2.05, 4.69) is 4.72 Å². The van der Waals surface area contributed by atoms with Gasteiger partial charge >= 0.3 is 0 Å². The minimum atomic E-state index is -4.06. The van der Waals surface area contributed by atoms with E-state index >= 15 is 0 Å². The van der Waals surface area contributed by atoms with Gasteiger partial charge in [-0.15, -0.1) is 0 Å². The van der Waals surface area contributed by atoms with Gasteiger partial charge < -0.3 is 5.11 Å². The molecule has 7 heteroatoms. The fourth-order valence-corrected chi connectivity index (χ4v) is 3.25. The predicted molar refractivity (Wildman–Crippen MR) is 77.8 cm³/mol. The quantitative estimate of drug-likeness (QED) is 0.885. The summed E-state index contributed by atoms with van der Waals surface area (Å²) in [5.74, 6) is -0.998. The Kier molecular flexibility index (Phi) is 4.95. The summed E-state index contributed by atoms with van der Waals surface area (Å²) in [5, 5.41) is 9.07. The van der Waals surface area contributed by atoms with Crippen molar-refractivity contribution in [3.63, 3.8) is 0 Å². The minimum absolute atomic E-state index is 0.0313. The number of halogens is 2. The smallest absolute Gasteiger partial charge is 0.243 e. The Hall–Kier alpha value is -1.47. The first kappa shape index (κ1) is 15.9. The van der Waals surface area contributed by atoms with Gasteiger partial charge in [-0.2, -0.15) is 0 Å². The fourth-order valence-electron chi connectivity index (χ4n) is 1.78. The molecule has 0 aliphatic heterocycles.